The second kappa shape index (κ2) is 8.84. The van der Waals surface area contributed by atoms with E-state index in [0.29, 0.717) is 10.8 Å². The highest BCUT2D eigenvalue weighted by atomic mass is 35.5. The van der Waals surface area contributed by atoms with Crippen LogP contribution in [0.4, 0.5) is 11.4 Å². The summed E-state index contributed by atoms with van der Waals surface area (Å²) < 4.78 is 5.82. The molecular formula is C22H28ClN3O2. The summed E-state index contributed by atoms with van der Waals surface area (Å²) >= 11 is 5.98. The lowest BCUT2D eigenvalue weighted by Gasteiger charge is -2.34. The molecule has 1 N–H and O–H groups in total. The molecule has 2 aromatic carbocycles. The lowest BCUT2D eigenvalue weighted by Crippen LogP contribution is -2.44. The van der Waals surface area contributed by atoms with Gasteiger partial charge in [-0.1, -0.05) is 11.6 Å². The highest BCUT2D eigenvalue weighted by molar-refractivity contribution is 6.30. The summed E-state index contributed by atoms with van der Waals surface area (Å²) in [5.41, 5.74) is 3.95. The number of rotatable bonds is 5. The topological polar surface area (TPSA) is 44.8 Å². The summed E-state index contributed by atoms with van der Waals surface area (Å²) in [6.45, 7) is 9.85. The Kier molecular flexibility index (Phi) is 6.47. The number of aryl methyl sites for hydroxylation is 2. The number of nitrogens with one attached hydrogen (secondary N) is 1. The Labute approximate surface area is 172 Å². The van der Waals surface area contributed by atoms with E-state index in [-0.39, 0.29) is 5.91 Å². The minimum absolute atomic E-state index is 0.176. The lowest BCUT2D eigenvalue weighted by atomic mass is 10.1. The van der Waals surface area contributed by atoms with Crippen LogP contribution in [0, 0.1) is 13.8 Å². The Balaban J connectivity index is 1.63. The summed E-state index contributed by atoms with van der Waals surface area (Å²) in [6.07, 6.45) is -0.614. The maximum Gasteiger partial charge on any atom is 0.265 e. The van der Waals surface area contributed by atoms with Gasteiger partial charge in [-0.05, 0) is 75.3 Å². The monoisotopic (exact) mass is 401 g/mol. The molecular weight excluding hydrogens is 374 g/mol. The molecule has 0 saturated carbocycles. The van der Waals surface area contributed by atoms with E-state index in [1.165, 1.54) is 5.69 Å². The van der Waals surface area contributed by atoms with E-state index in [4.69, 9.17) is 16.3 Å². The number of amides is 1. The molecule has 1 heterocycles. The first-order valence-corrected chi connectivity index (χ1v) is 9.99. The van der Waals surface area contributed by atoms with Gasteiger partial charge in [0.1, 0.15) is 5.75 Å². The molecule has 1 aliphatic rings. The standard InChI is InChI=1S/C22H28ClN3O2/c1-15-14-19(26-11-9-25(4)10-12-26)6-7-20(15)24-22(27)17(3)28-21-8-5-18(23)13-16(21)2/h5-8,13-14,17H,9-12H2,1-4H3,(H,24,27). The normalized spacial score (nSPS) is 16.0. The van der Waals surface area contributed by atoms with E-state index in [2.05, 4.69) is 34.3 Å². The van der Waals surface area contributed by atoms with Crippen molar-refractivity contribution in [3.63, 3.8) is 0 Å². The van der Waals surface area contributed by atoms with Gasteiger partial charge in [-0.3, -0.25) is 4.79 Å². The Morgan fingerprint density at radius 1 is 1.07 bits per heavy atom. The third-order valence-corrected chi connectivity index (χ3v) is 5.38. The highest BCUT2D eigenvalue weighted by Crippen LogP contribution is 2.25. The van der Waals surface area contributed by atoms with Gasteiger partial charge in [0.05, 0.1) is 0 Å². The Hall–Kier alpha value is -2.24. The average molecular weight is 402 g/mol. The van der Waals surface area contributed by atoms with Gasteiger partial charge < -0.3 is 19.9 Å². The fraction of sp³-hybridized carbons (Fsp3) is 0.409. The molecule has 0 spiro atoms. The molecule has 1 atom stereocenters. The van der Waals surface area contributed by atoms with Gasteiger partial charge in [0, 0.05) is 42.6 Å². The zero-order chi connectivity index (χ0) is 20.3. The summed E-state index contributed by atoms with van der Waals surface area (Å²) in [4.78, 5) is 17.3. The van der Waals surface area contributed by atoms with Gasteiger partial charge in [-0.15, -0.1) is 0 Å². The SMILES string of the molecule is Cc1cc(N2CCN(C)CC2)ccc1NC(=O)C(C)Oc1ccc(Cl)cc1C. The van der Waals surface area contributed by atoms with Crippen molar-refractivity contribution < 1.29 is 9.53 Å². The van der Waals surface area contributed by atoms with Crippen LogP contribution in [0.3, 0.4) is 0 Å². The van der Waals surface area contributed by atoms with Gasteiger partial charge >= 0.3 is 0 Å². The summed E-state index contributed by atoms with van der Waals surface area (Å²) in [5, 5.41) is 3.63. The van der Waals surface area contributed by atoms with Gasteiger partial charge in [-0.25, -0.2) is 0 Å². The van der Waals surface area contributed by atoms with E-state index in [9.17, 15) is 4.79 Å². The minimum Gasteiger partial charge on any atom is -0.481 e. The van der Waals surface area contributed by atoms with Crippen molar-refractivity contribution in [1.29, 1.82) is 0 Å². The van der Waals surface area contributed by atoms with E-state index in [1.807, 2.05) is 26.0 Å². The van der Waals surface area contributed by atoms with Crippen LogP contribution in [0.1, 0.15) is 18.1 Å². The van der Waals surface area contributed by atoms with Crippen LogP contribution in [0.5, 0.6) is 5.75 Å². The number of halogens is 1. The molecule has 1 saturated heterocycles. The number of likely N-dealkylation sites (N-methyl/N-ethyl adjacent to an activating group) is 1. The third kappa shape index (κ3) is 4.97. The Morgan fingerprint density at radius 3 is 2.43 bits per heavy atom. The fourth-order valence-corrected chi connectivity index (χ4v) is 3.50. The van der Waals surface area contributed by atoms with Crippen molar-refractivity contribution in [2.75, 3.05) is 43.4 Å². The third-order valence-electron chi connectivity index (χ3n) is 5.15. The van der Waals surface area contributed by atoms with Gasteiger partial charge in [-0.2, -0.15) is 0 Å². The number of benzene rings is 2. The molecule has 1 unspecified atom stereocenters. The van der Waals surface area contributed by atoms with E-state index in [1.54, 1.807) is 19.1 Å². The second-order valence-corrected chi connectivity index (χ2v) is 7.89. The molecule has 1 fully saturated rings. The van der Waals surface area contributed by atoms with Crippen molar-refractivity contribution in [3.8, 4) is 5.75 Å². The zero-order valence-corrected chi connectivity index (χ0v) is 17.7. The summed E-state index contributed by atoms with van der Waals surface area (Å²) in [5.74, 6) is 0.485. The molecule has 6 heteroatoms. The van der Waals surface area contributed by atoms with Crippen LogP contribution in [0.15, 0.2) is 36.4 Å². The van der Waals surface area contributed by atoms with Crippen molar-refractivity contribution in [3.05, 3.63) is 52.5 Å². The summed E-state index contributed by atoms with van der Waals surface area (Å²) in [7, 11) is 2.15. The molecule has 0 aromatic heterocycles. The molecule has 0 radical (unpaired) electrons. The number of piperazine rings is 1. The largest absolute Gasteiger partial charge is 0.481 e. The smallest absolute Gasteiger partial charge is 0.265 e. The minimum atomic E-state index is -0.614. The molecule has 0 bridgehead atoms. The van der Waals surface area contributed by atoms with E-state index < -0.39 is 6.10 Å². The molecule has 2 aromatic rings. The molecule has 150 valence electrons. The first-order valence-electron chi connectivity index (χ1n) is 9.61. The Morgan fingerprint density at radius 2 is 1.79 bits per heavy atom. The summed E-state index contributed by atoms with van der Waals surface area (Å²) in [6, 6.07) is 11.6. The van der Waals surface area contributed by atoms with E-state index in [0.717, 1.165) is 43.0 Å². The fourth-order valence-electron chi connectivity index (χ4n) is 3.27. The van der Waals surface area contributed by atoms with Crippen LogP contribution in [-0.4, -0.2) is 50.1 Å². The number of ether oxygens (including phenoxy) is 1. The molecule has 5 nitrogen and oxygen atoms in total. The van der Waals surface area contributed by atoms with Crippen LogP contribution in [0.25, 0.3) is 0 Å². The number of anilines is 2. The number of carbonyl (C=O) groups excluding carboxylic acids is 1. The van der Waals surface area contributed by atoms with Crippen molar-refractivity contribution in [2.45, 2.75) is 26.9 Å². The Bertz CT molecular complexity index is 848. The first kappa shape index (κ1) is 20.5. The maximum absolute atomic E-state index is 12.6. The van der Waals surface area contributed by atoms with E-state index >= 15 is 0 Å². The average Bonchev–Trinajstić information content (AvgIpc) is 2.66. The quantitative estimate of drug-likeness (QED) is 0.818. The van der Waals surface area contributed by atoms with Crippen LogP contribution < -0.4 is 15.0 Å². The first-order chi connectivity index (χ1) is 13.3. The molecule has 1 aliphatic heterocycles. The lowest BCUT2D eigenvalue weighted by molar-refractivity contribution is -0.122. The molecule has 28 heavy (non-hydrogen) atoms. The van der Waals surface area contributed by atoms with Crippen LogP contribution >= 0.6 is 11.6 Å². The van der Waals surface area contributed by atoms with Gasteiger partial charge in [0.25, 0.3) is 5.91 Å². The van der Waals surface area contributed by atoms with Crippen molar-refractivity contribution in [1.82, 2.24) is 4.90 Å². The number of hydrogen-bond acceptors (Lipinski definition) is 4. The zero-order valence-electron chi connectivity index (χ0n) is 17.0. The number of hydrogen-bond donors (Lipinski definition) is 1. The predicted octanol–water partition coefficient (Wildman–Crippen LogP) is 4.11. The van der Waals surface area contributed by atoms with Crippen LogP contribution in [-0.2, 0) is 4.79 Å². The molecule has 3 rings (SSSR count). The molecule has 0 aliphatic carbocycles. The second-order valence-electron chi connectivity index (χ2n) is 7.45. The van der Waals surface area contributed by atoms with Gasteiger partial charge in [0.15, 0.2) is 6.10 Å². The maximum atomic E-state index is 12.6. The van der Waals surface area contributed by atoms with Crippen molar-refractivity contribution in [2.24, 2.45) is 0 Å². The van der Waals surface area contributed by atoms with Crippen LogP contribution in [0.2, 0.25) is 5.02 Å². The highest BCUT2D eigenvalue weighted by Gasteiger charge is 2.18. The predicted molar refractivity (Wildman–Crippen MR) is 116 cm³/mol. The number of carbonyl (C=O) groups is 1. The van der Waals surface area contributed by atoms with Gasteiger partial charge in [0.2, 0.25) is 0 Å². The number of nitrogens with zero attached hydrogens (tertiary/aromatic N) is 2. The molecule has 1 amide bonds. The van der Waals surface area contributed by atoms with Crippen molar-refractivity contribution >= 4 is 28.9 Å².